The Morgan fingerprint density at radius 2 is 2.21 bits per heavy atom. The zero-order valence-electron chi connectivity index (χ0n) is 10.3. The van der Waals surface area contributed by atoms with Crippen LogP contribution < -0.4 is 4.74 Å². The molecule has 102 valence electrons. The van der Waals surface area contributed by atoms with Crippen molar-refractivity contribution >= 4 is 40.5 Å². The molecule has 0 fully saturated rings. The van der Waals surface area contributed by atoms with E-state index in [4.69, 9.17) is 40.2 Å². The van der Waals surface area contributed by atoms with Gasteiger partial charge in [-0.15, -0.1) is 5.11 Å². The van der Waals surface area contributed by atoms with Crippen LogP contribution in [0.5, 0.6) is 5.75 Å². The van der Waals surface area contributed by atoms with Gasteiger partial charge in [-0.25, -0.2) is 0 Å². The lowest BCUT2D eigenvalue weighted by molar-refractivity contribution is 0.281. The van der Waals surface area contributed by atoms with Crippen molar-refractivity contribution in [3.05, 3.63) is 28.2 Å². The van der Waals surface area contributed by atoms with Crippen LogP contribution in [-0.2, 0) is 0 Å². The van der Waals surface area contributed by atoms with E-state index in [0.717, 1.165) is 12.8 Å². The molecule has 1 aliphatic heterocycles. The van der Waals surface area contributed by atoms with Gasteiger partial charge in [0, 0.05) is 12.1 Å². The molecule has 7 heteroatoms. The van der Waals surface area contributed by atoms with E-state index in [2.05, 4.69) is 10.2 Å². The van der Waals surface area contributed by atoms with E-state index >= 15 is 0 Å². The molecule has 1 aromatic carbocycles. The fourth-order valence-corrected chi connectivity index (χ4v) is 2.32. The van der Waals surface area contributed by atoms with Crippen molar-refractivity contribution in [1.82, 2.24) is 4.90 Å². The molecule has 1 aliphatic rings. The molecule has 1 unspecified atom stereocenters. The topological polar surface area (TPSA) is 37.2 Å². The maximum absolute atomic E-state index is 6.01. The number of hydrogen-bond donors (Lipinski definition) is 0. The van der Waals surface area contributed by atoms with Crippen LogP contribution in [-0.4, -0.2) is 29.8 Å². The summed E-state index contributed by atoms with van der Waals surface area (Å²) in [5.74, 6) is 0.642. The van der Waals surface area contributed by atoms with E-state index in [-0.39, 0.29) is 6.17 Å². The summed E-state index contributed by atoms with van der Waals surface area (Å²) < 4.78 is 5.60. The number of benzene rings is 1. The van der Waals surface area contributed by atoms with Crippen molar-refractivity contribution in [2.24, 2.45) is 10.2 Å². The molecule has 0 saturated heterocycles. The predicted molar refractivity (Wildman–Crippen MR) is 80.2 cm³/mol. The van der Waals surface area contributed by atoms with Gasteiger partial charge in [-0.05, 0) is 43.3 Å². The van der Waals surface area contributed by atoms with Crippen LogP contribution in [0.15, 0.2) is 28.4 Å². The van der Waals surface area contributed by atoms with Crippen molar-refractivity contribution in [3.63, 3.8) is 0 Å². The smallest absolute Gasteiger partial charge is 0.217 e. The molecule has 0 bridgehead atoms. The van der Waals surface area contributed by atoms with Gasteiger partial charge >= 0.3 is 0 Å². The third-order valence-electron chi connectivity index (χ3n) is 2.78. The molecular weight excluding hydrogens is 305 g/mol. The predicted octanol–water partition coefficient (Wildman–Crippen LogP) is 4.16. The highest BCUT2D eigenvalue weighted by Gasteiger charge is 2.21. The summed E-state index contributed by atoms with van der Waals surface area (Å²) in [6.07, 6.45) is 1.71. The highest BCUT2D eigenvalue weighted by molar-refractivity contribution is 7.80. The zero-order chi connectivity index (χ0) is 13.8. The van der Waals surface area contributed by atoms with Crippen LogP contribution in [0.2, 0.25) is 10.0 Å². The quantitative estimate of drug-likeness (QED) is 0.604. The average Bonchev–Trinajstić information content (AvgIpc) is 2.68. The van der Waals surface area contributed by atoms with Gasteiger partial charge in [0.25, 0.3) is 0 Å². The Morgan fingerprint density at radius 3 is 2.84 bits per heavy atom. The van der Waals surface area contributed by atoms with Crippen molar-refractivity contribution in [3.8, 4) is 5.75 Å². The summed E-state index contributed by atoms with van der Waals surface area (Å²) in [7, 11) is 1.89. The van der Waals surface area contributed by atoms with E-state index in [1.165, 1.54) is 0 Å². The van der Waals surface area contributed by atoms with E-state index in [9.17, 15) is 0 Å². The Morgan fingerprint density at radius 1 is 1.42 bits per heavy atom. The number of ether oxygens (including phenoxy) is 1. The van der Waals surface area contributed by atoms with Gasteiger partial charge in [0.05, 0.1) is 11.6 Å². The fourth-order valence-electron chi connectivity index (χ4n) is 1.68. The Labute approximate surface area is 127 Å². The normalized spacial score (nSPS) is 18.2. The third-order valence-corrected chi connectivity index (χ3v) is 3.68. The Hall–Kier alpha value is -0.910. The van der Waals surface area contributed by atoms with Crippen LogP contribution in [0, 0.1) is 0 Å². The largest absolute Gasteiger partial charge is 0.492 e. The molecule has 0 aromatic heterocycles. The van der Waals surface area contributed by atoms with Gasteiger partial charge in [0.15, 0.2) is 0 Å². The molecule has 1 heterocycles. The van der Waals surface area contributed by atoms with Crippen LogP contribution in [0.4, 0.5) is 0 Å². The first kappa shape index (κ1) is 14.5. The molecule has 4 nitrogen and oxygen atoms in total. The molecule has 0 radical (unpaired) electrons. The second kappa shape index (κ2) is 6.50. The van der Waals surface area contributed by atoms with Crippen molar-refractivity contribution in [2.75, 3.05) is 13.7 Å². The van der Waals surface area contributed by atoms with E-state index < -0.39 is 0 Å². The Bertz CT molecular complexity index is 510. The van der Waals surface area contributed by atoms with Crippen LogP contribution in [0.3, 0.4) is 0 Å². The molecular formula is C12H13Cl2N3OS. The summed E-state index contributed by atoms with van der Waals surface area (Å²) >= 11 is 16.8. The number of hydrogen-bond acceptors (Lipinski definition) is 3. The minimum absolute atomic E-state index is 0.0248. The summed E-state index contributed by atoms with van der Waals surface area (Å²) in [6.45, 7) is 0.563. The second-order valence-electron chi connectivity index (χ2n) is 4.16. The van der Waals surface area contributed by atoms with Crippen molar-refractivity contribution < 1.29 is 4.74 Å². The summed E-state index contributed by atoms with van der Waals surface area (Å²) in [5.41, 5.74) is 0. The lowest BCUT2D eigenvalue weighted by atomic mass is 10.2. The monoisotopic (exact) mass is 317 g/mol. The first-order chi connectivity index (χ1) is 9.08. The summed E-state index contributed by atoms with van der Waals surface area (Å²) in [6, 6.07) is 5.18. The lowest BCUT2D eigenvalue weighted by Crippen LogP contribution is -2.28. The van der Waals surface area contributed by atoms with Crippen LogP contribution in [0.1, 0.15) is 12.8 Å². The number of halogens is 2. The standard InChI is InChI=1S/C12H13Cl2N3OS/c1-17-11(15-16-12(17)19)3-2-6-18-10-5-4-8(13)7-9(10)14/h4-5,7,11H,2-3,6H2,1H3. The molecule has 1 atom stereocenters. The van der Waals surface area contributed by atoms with Gasteiger partial charge in [-0.1, -0.05) is 23.2 Å². The van der Waals surface area contributed by atoms with E-state index in [0.29, 0.717) is 27.5 Å². The first-order valence-electron chi connectivity index (χ1n) is 5.83. The van der Waals surface area contributed by atoms with Crippen molar-refractivity contribution in [1.29, 1.82) is 0 Å². The summed E-state index contributed by atoms with van der Waals surface area (Å²) in [4.78, 5) is 1.88. The van der Waals surface area contributed by atoms with Crippen LogP contribution >= 0.6 is 35.4 Å². The average molecular weight is 318 g/mol. The highest BCUT2D eigenvalue weighted by Crippen LogP contribution is 2.27. The summed E-state index contributed by atoms with van der Waals surface area (Å²) in [5, 5.41) is 9.60. The number of nitrogens with zero attached hydrogens (tertiary/aromatic N) is 3. The molecule has 0 aliphatic carbocycles. The molecule has 0 saturated carbocycles. The van der Waals surface area contributed by atoms with E-state index in [1.54, 1.807) is 18.2 Å². The number of rotatable bonds is 5. The van der Waals surface area contributed by atoms with Gasteiger partial charge in [0.1, 0.15) is 11.9 Å². The van der Waals surface area contributed by atoms with Gasteiger partial charge in [-0.2, -0.15) is 5.11 Å². The fraction of sp³-hybridized carbons (Fsp3) is 0.417. The molecule has 1 aromatic rings. The molecule has 0 amide bonds. The zero-order valence-corrected chi connectivity index (χ0v) is 12.7. The molecule has 2 rings (SSSR count). The maximum atomic E-state index is 6.01. The van der Waals surface area contributed by atoms with Gasteiger partial charge < -0.3 is 9.64 Å². The third kappa shape index (κ3) is 3.78. The lowest BCUT2D eigenvalue weighted by Gasteiger charge is -2.17. The van der Waals surface area contributed by atoms with E-state index in [1.807, 2.05) is 11.9 Å². The minimum Gasteiger partial charge on any atom is -0.492 e. The maximum Gasteiger partial charge on any atom is 0.217 e. The first-order valence-corrected chi connectivity index (χ1v) is 7.00. The highest BCUT2D eigenvalue weighted by atomic mass is 35.5. The molecule has 0 N–H and O–H groups in total. The molecule has 19 heavy (non-hydrogen) atoms. The molecule has 0 spiro atoms. The SMILES string of the molecule is CN1C(=S)N=NC1CCCOc1ccc(Cl)cc1Cl. The minimum atomic E-state index is 0.0248. The van der Waals surface area contributed by atoms with Crippen molar-refractivity contribution in [2.45, 2.75) is 19.0 Å². The second-order valence-corrected chi connectivity index (χ2v) is 5.36. The Kier molecular flexibility index (Phi) is 4.96. The Balaban J connectivity index is 1.75. The van der Waals surface area contributed by atoms with Gasteiger partial charge in [-0.3, -0.25) is 0 Å². The number of azo groups is 1. The van der Waals surface area contributed by atoms with Crippen LogP contribution in [0.25, 0.3) is 0 Å². The number of thiocarbonyl (C=S) groups is 1. The van der Waals surface area contributed by atoms with Gasteiger partial charge in [0.2, 0.25) is 5.11 Å².